The molecule has 0 aromatic heterocycles. The highest BCUT2D eigenvalue weighted by molar-refractivity contribution is 5.94. The van der Waals surface area contributed by atoms with Gasteiger partial charge in [0, 0.05) is 44.2 Å². The molecule has 156 valence electrons. The molecule has 2 aromatic carbocycles. The molecule has 1 saturated heterocycles. The van der Waals surface area contributed by atoms with Gasteiger partial charge < -0.3 is 9.64 Å². The number of benzene rings is 2. The third kappa shape index (κ3) is 5.57. The van der Waals surface area contributed by atoms with Crippen LogP contribution in [0, 0.1) is 5.92 Å². The highest BCUT2D eigenvalue weighted by Gasteiger charge is 2.29. The van der Waals surface area contributed by atoms with Crippen molar-refractivity contribution in [2.45, 2.75) is 12.8 Å². The number of carbonyl (C=O) groups is 2. The van der Waals surface area contributed by atoms with Crippen LogP contribution in [0.2, 0.25) is 0 Å². The first-order valence-electron chi connectivity index (χ1n) is 10.7. The molecule has 0 bridgehead atoms. The van der Waals surface area contributed by atoms with Crippen molar-refractivity contribution in [1.29, 1.82) is 0 Å². The molecule has 0 N–H and O–H groups in total. The fourth-order valence-electron chi connectivity index (χ4n) is 3.59. The minimum absolute atomic E-state index is 0.0510. The fraction of sp³-hybridized carbons (Fsp3) is 0.360. The predicted molar refractivity (Wildman–Crippen MR) is 117 cm³/mol. The van der Waals surface area contributed by atoms with Gasteiger partial charge in [-0.2, -0.15) is 0 Å². The summed E-state index contributed by atoms with van der Waals surface area (Å²) in [6.45, 7) is 4.21. The smallest absolute Gasteiger partial charge is 0.253 e. The molecule has 1 aliphatic carbocycles. The van der Waals surface area contributed by atoms with E-state index in [0.29, 0.717) is 11.3 Å². The Morgan fingerprint density at radius 3 is 2.30 bits per heavy atom. The van der Waals surface area contributed by atoms with Gasteiger partial charge in [0.05, 0.1) is 0 Å². The Bertz CT molecular complexity index is 880. The van der Waals surface area contributed by atoms with Crippen molar-refractivity contribution >= 4 is 17.8 Å². The molecule has 2 aromatic rings. The van der Waals surface area contributed by atoms with Crippen LogP contribution in [0.5, 0.6) is 5.75 Å². The van der Waals surface area contributed by atoms with Crippen LogP contribution >= 0.6 is 0 Å². The van der Waals surface area contributed by atoms with Crippen LogP contribution in [0.15, 0.2) is 60.7 Å². The molecule has 2 fully saturated rings. The molecular formula is C25H28N2O3. The zero-order valence-corrected chi connectivity index (χ0v) is 17.2. The summed E-state index contributed by atoms with van der Waals surface area (Å²) in [4.78, 5) is 28.8. The first kappa shape index (κ1) is 20.4. The average Bonchev–Trinajstić information content (AvgIpc) is 3.64. The Kier molecular flexibility index (Phi) is 6.60. The van der Waals surface area contributed by atoms with Gasteiger partial charge in [-0.1, -0.05) is 42.5 Å². The SMILES string of the molecule is O=C(COc1ccc(C(=O)N2CCN(C/C=C/c3ccccc3)CC2)cc1)C1CC1. The van der Waals surface area contributed by atoms with E-state index >= 15 is 0 Å². The largest absolute Gasteiger partial charge is 0.486 e. The number of hydrogen-bond donors (Lipinski definition) is 0. The molecule has 0 spiro atoms. The van der Waals surface area contributed by atoms with Crippen molar-refractivity contribution in [3.05, 3.63) is 71.8 Å². The van der Waals surface area contributed by atoms with Crippen LogP contribution in [-0.4, -0.2) is 60.8 Å². The minimum atomic E-state index is 0.0510. The van der Waals surface area contributed by atoms with Gasteiger partial charge in [0.2, 0.25) is 0 Å². The van der Waals surface area contributed by atoms with E-state index in [0.717, 1.165) is 45.6 Å². The third-order valence-electron chi connectivity index (χ3n) is 5.65. The first-order valence-corrected chi connectivity index (χ1v) is 10.7. The Morgan fingerprint density at radius 2 is 1.63 bits per heavy atom. The number of carbonyl (C=O) groups excluding carboxylic acids is 2. The number of hydrogen-bond acceptors (Lipinski definition) is 4. The second kappa shape index (κ2) is 9.72. The number of ketones is 1. The van der Waals surface area contributed by atoms with Gasteiger partial charge in [0.15, 0.2) is 5.78 Å². The van der Waals surface area contributed by atoms with Crippen LogP contribution in [0.4, 0.5) is 0 Å². The van der Waals surface area contributed by atoms with Gasteiger partial charge in [0.25, 0.3) is 5.91 Å². The number of piperazine rings is 1. The van der Waals surface area contributed by atoms with Gasteiger partial charge in [-0.15, -0.1) is 0 Å². The van der Waals surface area contributed by atoms with E-state index in [2.05, 4.69) is 29.2 Å². The molecule has 1 amide bonds. The van der Waals surface area contributed by atoms with Gasteiger partial charge in [-0.25, -0.2) is 0 Å². The van der Waals surface area contributed by atoms with Crippen LogP contribution in [-0.2, 0) is 4.79 Å². The molecule has 0 radical (unpaired) electrons. The highest BCUT2D eigenvalue weighted by atomic mass is 16.5. The maximum absolute atomic E-state index is 12.8. The summed E-state index contributed by atoms with van der Waals surface area (Å²) in [6, 6.07) is 17.4. The van der Waals surface area contributed by atoms with E-state index in [1.807, 2.05) is 23.1 Å². The lowest BCUT2D eigenvalue weighted by Gasteiger charge is -2.34. The summed E-state index contributed by atoms with van der Waals surface area (Å²) in [5.41, 5.74) is 1.86. The fourth-order valence-corrected chi connectivity index (χ4v) is 3.59. The van der Waals surface area contributed by atoms with Crippen molar-refractivity contribution in [3.8, 4) is 5.75 Å². The van der Waals surface area contributed by atoms with E-state index in [-0.39, 0.29) is 24.2 Å². The molecule has 2 aliphatic rings. The molecule has 0 unspecified atom stereocenters. The third-order valence-corrected chi connectivity index (χ3v) is 5.65. The molecule has 5 nitrogen and oxygen atoms in total. The minimum Gasteiger partial charge on any atom is -0.486 e. The normalized spacial score (nSPS) is 17.3. The summed E-state index contributed by atoms with van der Waals surface area (Å²) in [5, 5.41) is 0. The van der Waals surface area contributed by atoms with E-state index in [4.69, 9.17) is 4.74 Å². The van der Waals surface area contributed by atoms with Gasteiger partial charge in [0.1, 0.15) is 12.4 Å². The monoisotopic (exact) mass is 404 g/mol. The molecule has 1 saturated carbocycles. The Morgan fingerprint density at radius 1 is 0.933 bits per heavy atom. The lowest BCUT2D eigenvalue weighted by molar-refractivity contribution is -0.122. The second-order valence-electron chi connectivity index (χ2n) is 7.96. The Hall–Kier alpha value is -2.92. The lowest BCUT2D eigenvalue weighted by atomic mass is 10.1. The highest BCUT2D eigenvalue weighted by Crippen LogP contribution is 2.30. The molecular weight excluding hydrogens is 376 g/mol. The standard InChI is InChI=1S/C25H28N2O3/c28-24(21-8-9-21)19-30-23-12-10-22(11-13-23)25(29)27-17-15-26(16-18-27)14-4-7-20-5-2-1-3-6-20/h1-7,10-13,21H,8-9,14-19H2/b7-4+. The van der Waals surface area contributed by atoms with Crippen LogP contribution in [0.25, 0.3) is 6.08 Å². The summed E-state index contributed by atoms with van der Waals surface area (Å²) >= 11 is 0. The van der Waals surface area contributed by atoms with E-state index in [1.54, 1.807) is 24.3 Å². The topological polar surface area (TPSA) is 49.9 Å². The van der Waals surface area contributed by atoms with Crippen molar-refractivity contribution in [2.24, 2.45) is 5.92 Å². The Labute approximate surface area is 177 Å². The number of rotatable bonds is 8. The van der Waals surface area contributed by atoms with Crippen molar-refractivity contribution in [3.63, 3.8) is 0 Å². The summed E-state index contributed by atoms with van der Waals surface area (Å²) in [6.07, 6.45) is 6.30. The van der Waals surface area contributed by atoms with Gasteiger partial charge in [-0.3, -0.25) is 14.5 Å². The maximum atomic E-state index is 12.8. The summed E-state index contributed by atoms with van der Waals surface area (Å²) < 4.78 is 5.55. The molecule has 4 rings (SSSR count). The molecule has 1 aliphatic heterocycles. The molecule has 5 heteroatoms. The van der Waals surface area contributed by atoms with Crippen LogP contribution in [0.1, 0.15) is 28.8 Å². The molecule has 30 heavy (non-hydrogen) atoms. The van der Waals surface area contributed by atoms with Gasteiger partial charge in [-0.05, 0) is 42.7 Å². The van der Waals surface area contributed by atoms with Crippen molar-refractivity contribution in [1.82, 2.24) is 9.80 Å². The quantitative estimate of drug-likeness (QED) is 0.676. The van der Waals surface area contributed by atoms with Crippen molar-refractivity contribution in [2.75, 3.05) is 39.3 Å². The lowest BCUT2D eigenvalue weighted by Crippen LogP contribution is -2.48. The van der Waals surface area contributed by atoms with E-state index in [1.165, 1.54) is 5.56 Å². The zero-order chi connectivity index (χ0) is 20.8. The van der Waals surface area contributed by atoms with Crippen LogP contribution < -0.4 is 4.74 Å². The number of nitrogens with zero attached hydrogens (tertiary/aromatic N) is 2. The number of ether oxygens (including phenoxy) is 1. The van der Waals surface area contributed by atoms with E-state index in [9.17, 15) is 9.59 Å². The average molecular weight is 405 g/mol. The zero-order valence-electron chi connectivity index (χ0n) is 17.2. The van der Waals surface area contributed by atoms with Gasteiger partial charge >= 0.3 is 0 Å². The van der Waals surface area contributed by atoms with Crippen LogP contribution in [0.3, 0.4) is 0 Å². The number of Topliss-reactive ketones (excluding diaryl/α,β-unsaturated/α-hetero) is 1. The molecule has 1 heterocycles. The first-order chi connectivity index (χ1) is 14.7. The summed E-state index contributed by atoms with van der Waals surface area (Å²) in [5.74, 6) is 1.07. The Balaban J connectivity index is 1.21. The number of amides is 1. The second-order valence-corrected chi connectivity index (χ2v) is 7.96. The summed E-state index contributed by atoms with van der Waals surface area (Å²) in [7, 11) is 0. The van der Waals surface area contributed by atoms with E-state index < -0.39 is 0 Å². The maximum Gasteiger partial charge on any atom is 0.253 e. The molecule has 0 atom stereocenters. The van der Waals surface area contributed by atoms with Crippen molar-refractivity contribution < 1.29 is 14.3 Å². The predicted octanol–water partition coefficient (Wildman–Crippen LogP) is 3.52.